The Morgan fingerprint density at radius 3 is 3.08 bits per heavy atom. The van der Waals surface area contributed by atoms with Gasteiger partial charge in [0.25, 0.3) is 0 Å². The quantitative estimate of drug-likeness (QED) is 0.713. The fourth-order valence-corrected chi connectivity index (χ4v) is 2.44. The second-order valence-electron chi connectivity index (χ2n) is 3.00. The van der Waals surface area contributed by atoms with E-state index >= 15 is 0 Å². The molecule has 4 heteroatoms. The molecular weight excluding hydrogens is 194 g/mol. The molecule has 0 saturated carbocycles. The SMILES string of the molecule is CC(Cl)C(=O)NCC1CCCS1. The molecule has 0 aromatic heterocycles. The Kier molecular flexibility index (Phi) is 4.22. The molecule has 1 rings (SSSR count). The molecule has 0 radical (unpaired) electrons. The van der Waals surface area contributed by atoms with E-state index in [2.05, 4.69) is 5.32 Å². The lowest BCUT2D eigenvalue weighted by atomic mass is 10.2. The molecule has 1 aliphatic heterocycles. The van der Waals surface area contributed by atoms with E-state index in [0.29, 0.717) is 5.25 Å². The Morgan fingerprint density at radius 1 is 1.83 bits per heavy atom. The van der Waals surface area contributed by atoms with Gasteiger partial charge in [0.15, 0.2) is 0 Å². The minimum atomic E-state index is -0.406. The van der Waals surface area contributed by atoms with Gasteiger partial charge < -0.3 is 5.32 Å². The molecule has 0 aromatic rings. The first-order chi connectivity index (χ1) is 5.70. The number of halogens is 1. The van der Waals surface area contributed by atoms with Crippen LogP contribution in [0.2, 0.25) is 0 Å². The van der Waals surface area contributed by atoms with Crippen LogP contribution in [0.25, 0.3) is 0 Å². The summed E-state index contributed by atoms with van der Waals surface area (Å²) in [5.41, 5.74) is 0. The molecule has 2 atom stereocenters. The van der Waals surface area contributed by atoms with Crippen molar-refractivity contribution in [1.29, 1.82) is 0 Å². The minimum Gasteiger partial charge on any atom is -0.354 e. The van der Waals surface area contributed by atoms with E-state index in [1.165, 1.54) is 18.6 Å². The fraction of sp³-hybridized carbons (Fsp3) is 0.875. The van der Waals surface area contributed by atoms with Crippen LogP contribution in [0.4, 0.5) is 0 Å². The Balaban J connectivity index is 2.12. The first-order valence-corrected chi connectivity index (χ1v) is 5.72. The number of carbonyl (C=O) groups is 1. The van der Waals surface area contributed by atoms with Crippen molar-refractivity contribution in [3.63, 3.8) is 0 Å². The van der Waals surface area contributed by atoms with Crippen molar-refractivity contribution >= 4 is 29.3 Å². The molecule has 1 amide bonds. The number of nitrogens with one attached hydrogen (secondary N) is 1. The van der Waals surface area contributed by atoms with E-state index in [1.807, 2.05) is 11.8 Å². The summed E-state index contributed by atoms with van der Waals surface area (Å²) < 4.78 is 0. The monoisotopic (exact) mass is 207 g/mol. The van der Waals surface area contributed by atoms with Crippen LogP contribution in [0, 0.1) is 0 Å². The Hall–Kier alpha value is 0.110. The van der Waals surface area contributed by atoms with E-state index in [-0.39, 0.29) is 5.91 Å². The summed E-state index contributed by atoms with van der Waals surface area (Å²) in [4.78, 5) is 11.0. The number of hydrogen-bond acceptors (Lipinski definition) is 2. The van der Waals surface area contributed by atoms with Crippen LogP contribution in [-0.4, -0.2) is 28.8 Å². The van der Waals surface area contributed by atoms with Gasteiger partial charge >= 0.3 is 0 Å². The maximum absolute atomic E-state index is 11.0. The standard InChI is InChI=1S/C8H14ClNOS/c1-6(9)8(11)10-5-7-3-2-4-12-7/h6-7H,2-5H2,1H3,(H,10,11). The number of alkyl halides is 1. The molecule has 0 aromatic carbocycles. The molecule has 1 saturated heterocycles. The second kappa shape index (κ2) is 4.97. The molecule has 12 heavy (non-hydrogen) atoms. The largest absolute Gasteiger partial charge is 0.354 e. The van der Waals surface area contributed by atoms with Crippen molar-refractivity contribution < 1.29 is 4.79 Å². The number of carbonyl (C=O) groups excluding carboxylic acids is 1. The zero-order chi connectivity index (χ0) is 8.97. The molecule has 2 nitrogen and oxygen atoms in total. The molecule has 1 fully saturated rings. The van der Waals surface area contributed by atoms with Gasteiger partial charge in [-0.1, -0.05) is 0 Å². The van der Waals surface area contributed by atoms with Gasteiger partial charge in [-0.2, -0.15) is 11.8 Å². The highest BCUT2D eigenvalue weighted by atomic mass is 35.5. The fourth-order valence-electron chi connectivity index (χ4n) is 1.16. The van der Waals surface area contributed by atoms with Gasteiger partial charge in [0.05, 0.1) is 0 Å². The third-order valence-corrected chi connectivity index (χ3v) is 3.49. The van der Waals surface area contributed by atoms with E-state index in [4.69, 9.17) is 11.6 Å². The van der Waals surface area contributed by atoms with E-state index in [0.717, 1.165) is 6.54 Å². The lowest BCUT2D eigenvalue weighted by Crippen LogP contribution is -2.34. The third kappa shape index (κ3) is 3.23. The van der Waals surface area contributed by atoms with Crippen LogP contribution in [0.5, 0.6) is 0 Å². The normalized spacial score (nSPS) is 25.3. The van der Waals surface area contributed by atoms with Gasteiger partial charge in [-0.05, 0) is 25.5 Å². The van der Waals surface area contributed by atoms with Gasteiger partial charge in [-0.15, -0.1) is 11.6 Å². The molecule has 1 N–H and O–H groups in total. The van der Waals surface area contributed by atoms with Crippen molar-refractivity contribution in [2.45, 2.75) is 30.4 Å². The maximum atomic E-state index is 11.0. The summed E-state index contributed by atoms with van der Waals surface area (Å²) in [6.07, 6.45) is 2.50. The lowest BCUT2D eigenvalue weighted by molar-refractivity contribution is -0.120. The number of thioether (sulfide) groups is 1. The summed E-state index contributed by atoms with van der Waals surface area (Å²) in [5, 5.41) is 3.04. The van der Waals surface area contributed by atoms with Gasteiger partial charge in [-0.3, -0.25) is 4.79 Å². The number of amides is 1. The molecule has 1 aliphatic rings. The minimum absolute atomic E-state index is 0.0517. The summed E-state index contributed by atoms with van der Waals surface area (Å²) in [5.74, 6) is 1.18. The smallest absolute Gasteiger partial charge is 0.237 e. The van der Waals surface area contributed by atoms with Crippen LogP contribution < -0.4 is 5.32 Å². The number of rotatable bonds is 3. The molecule has 70 valence electrons. The van der Waals surface area contributed by atoms with Crippen LogP contribution in [0.15, 0.2) is 0 Å². The van der Waals surface area contributed by atoms with E-state index in [9.17, 15) is 4.79 Å². The zero-order valence-corrected chi connectivity index (χ0v) is 8.75. The van der Waals surface area contributed by atoms with Crippen molar-refractivity contribution in [2.24, 2.45) is 0 Å². The maximum Gasteiger partial charge on any atom is 0.237 e. The van der Waals surface area contributed by atoms with E-state index in [1.54, 1.807) is 6.92 Å². The zero-order valence-electron chi connectivity index (χ0n) is 7.18. The van der Waals surface area contributed by atoms with Gasteiger partial charge in [0, 0.05) is 11.8 Å². The van der Waals surface area contributed by atoms with Crippen LogP contribution in [0.1, 0.15) is 19.8 Å². The average molecular weight is 208 g/mol. The van der Waals surface area contributed by atoms with Crippen molar-refractivity contribution in [2.75, 3.05) is 12.3 Å². The van der Waals surface area contributed by atoms with Crippen molar-refractivity contribution in [1.82, 2.24) is 5.32 Å². The molecule has 0 spiro atoms. The highest BCUT2D eigenvalue weighted by Gasteiger charge is 2.17. The van der Waals surface area contributed by atoms with Gasteiger partial charge in [0.2, 0.25) is 5.91 Å². The van der Waals surface area contributed by atoms with Crippen molar-refractivity contribution in [3.8, 4) is 0 Å². The topological polar surface area (TPSA) is 29.1 Å². The Morgan fingerprint density at radius 2 is 2.58 bits per heavy atom. The summed E-state index contributed by atoms with van der Waals surface area (Å²) >= 11 is 7.53. The molecule has 2 unspecified atom stereocenters. The summed E-state index contributed by atoms with van der Waals surface area (Å²) in [7, 11) is 0. The van der Waals surface area contributed by atoms with Gasteiger partial charge in [-0.25, -0.2) is 0 Å². The van der Waals surface area contributed by atoms with E-state index < -0.39 is 5.38 Å². The highest BCUT2D eigenvalue weighted by molar-refractivity contribution is 8.00. The predicted molar refractivity (Wildman–Crippen MR) is 53.8 cm³/mol. The predicted octanol–water partition coefficient (Wildman–Crippen LogP) is 1.63. The Bertz CT molecular complexity index is 157. The summed E-state index contributed by atoms with van der Waals surface area (Å²) in [6, 6.07) is 0. The molecule has 0 bridgehead atoms. The molecular formula is C8H14ClNOS. The first kappa shape index (κ1) is 10.2. The summed E-state index contributed by atoms with van der Waals surface area (Å²) in [6.45, 7) is 2.47. The molecule has 1 heterocycles. The van der Waals surface area contributed by atoms with Gasteiger partial charge in [0.1, 0.15) is 5.38 Å². The van der Waals surface area contributed by atoms with Crippen molar-refractivity contribution in [3.05, 3.63) is 0 Å². The Labute approximate surface area is 82.4 Å². The first-order valence-electron chi connectivity index (χ1n) is 4.23. The highest BCUT2D eigenvalue weighted by Crippen LogP contribution is 2.25. The van der Waals surface area contributed by atoms with Crippen LogP contribution >= 0.6 is 23.4 Å². The lowest BCUT2D eigenvalue weighted by Gasteiger charge is -2.10. The average Bonchev–Trinajstić information content (AvgIpc) is 2.51. The number of hydrogen-bond donors (Lipinski definition) is 1. The third-order valence-electron chi connectivity index (χ3n) is 1.89. The van der Waals surface area contributed by atoms with Crippen LogP contribution in [0.3, 0.4) is 0 Å². The molecule has 0 aliphatic carbocycles. The van der Waals surface area contributed by atoms with Crippen LogP contribution in [-0.2, 0) is 4.79 Å². The second-order valence-corrected chi connectivity index (χ2v) is 5.06.